The lowest BCUT2D eigenvalue weighted by molar-refractivity contribution is -0.139. The van der Waals surface area contributed by atoms with Crippen LogP contribution >= 0.6 is 11.3 Å². The first-order chi connectivity index (χ1) is 13.1. The standard InChI is InChI=1S/C21H19NO4S/c1-25-17-9-4-3-8-16(17)18-10-11-19(27-18)21(24)22-15-7-5-6-14(12-15)13-20(23)26-2/h3-12H,13H2,1-2H3,(H,22,24). The number of benzene rings is 2. The van der Waals surface area contributed by atoms with Gasteiger partial charge < -0.3 is 14.8 Å². The van der Waals surface area contributed by atoms with E-state index in [0.717, 1.165) is 21.8 Å². The van der Waals surface area contributed by atoms with Gasteiger partial charge in [0.1, 0.15) is 5.75 Å². The number of amides is 1. The Kier molecular flexibility index (Phi) is 5.88. The van der Waals surface area contributed by atoms with Crippen molar-refractivity contribution in [2.75, 3.05) is 19.5 Å². The number of methoxy groups -OCH3 is 2. The maximum absolute atomic E-state index is 12.6. The highest BCUT2D eigenvalue weighted by Gasteiger charge is 2.13. The van der Waals surface area contributed by atoms with Crippen molar-refractivity contribution >= 4 is 28.9 Å². The lowest BCUT2D eigenvalue weighted by atomic mass is 10.1. The van der Waals surface area contributed by atoms with Gasteiger partial charge in [-0.15, -0.1) is 11.3 Å². The van der Waals surface area contributed by atoms with E-state index in [9.17, 15) is 9.59 Å². The number of ether oxygens (including phenoxy) is 2. The van der Waals surface area contributed by atoms with Crippen molar-refractivity contribution in [1.29, 1.82) is 0 Å². The van der Waals surface area contributed by atoms with Crippen LogP contribution in [0.3, 0.4) is 0 Å². The van der Waals surface area contributed by atoms with E-state index in [4.69, 9.17) is 4.74 Å². The van der Waals surface area contributed by atoms with E-state index in [1.807, 2.05) is 36.4 Å². The predicted octanol–water partition coefficient (Wildman–Crippen LogP) is 4.39. The van der Waals surface area contributed by atoms with Crippen LogP contribution in [-0.2, 0) is 16.0 Å². The van der Waals surface area contributed by atoms with Gasteiger partial charge in [-0.2, -0.15) is 0 Å². The topological polar surface area (TPSA) is 64.6 Å². The summed E-state index contributed by atoms with van der Waals surface area (Å²) in [5.41, 5.74) is 2.36. The number of thiophene rings is 1. The molecule has 0 fully saturated rings. The molecular weight excluding hydrogens is 362 g/mol. The fourth-order valence-electron chi connectivity index (χ4n) is 2.64. The molecule has 1 N–H and O–H groups in total. The normalized spacial score (nSPS) is 10.3. The summed E-state index contributed by atoms with van der Waals surface area (Å²) in [7, 11) is 2.98. The van der Waals surface area contributed by atoms with Crippen molar-refractivity contribution in [1.82, 2.24) is 0 Å². The molecular formula is C21H19NO4S. The molecule has 27 heavy (non-hydrogen) atoms. The highest BCUT2D eigenvalue weighted by Crippen LogP contribution is 2.34. The van der Waals surface area contributed by atoms with Gasteiger partial charge in [-0.05, 0) is 42.0 Å². The van der Waals surface area contributed by atoms with E-state index in [-0.39, 0.29) is 18.3 Å². The first kappa shape index (κ1) is 18.7. The van der Waals surface area contributed by atoms with Gasteiger partial charge in [0.25, 0.3) is 5.91 Å². The largest absolute Gasteiger partial charge is 0.496 e. The number of para-hydroxylation sites is 1. The molecule has 0 aliphatic carbocycles. The molecule has 5 nitrogen and oxygen atoms in total. The maximum atomic E-state index is 12.6. The molecule has 3 rings (SSSR count). The summed E-state index contributed by atoms with van der Waals surface area (Å²) in [6.07, 6.45) is 0.164. The summed E-state index contributed by atoms with van der Waals surface area (Å²) >= 11 is 1.40. The Morgan fingerprint density at radius 1 is 1.00 bits per heavy atom. The molecule has 0 unspecified atom stereocenters. The van der Waals surface area contributed by atoms with E-state index in [1.54, 1.807) is 31.4 Å². The molecule has 1 amide bonds. The first-order valence-electron chi connectivity index (χ1n) is 8.31. The second kappa shape index (κ2) is 8.51. The zero-order valence-corrected chi connectivity index (χ0v) is 15.8. The molecule has 1 aromatic heterocycles. The minimum absolute atomic E-state index is 0.164. The third kappa shape index (κ3) is 4.54. The second-order valence-electron chi connectivity index (χ2n) is 5.77. The van der Waals surface area contributed by atoms with E-state index >= 15 is 0 Å². The lowest BCUT2D eigenvalue weighted by Gasteiger charge is -2.07. The fraction of sp³-hybridized carbons (Fsp3) is 0.143. The van der Waals surface area contributed by atoms with Crippen LogP contribution < -0.4 is 10.1 Å². The number of carbonyl (C=O) groups is 2. The van der Waals surface area contributed by atoms with Gasteiger partial charge in [-0.1, -0.05) is 24.3 Å². The van der Waals surface area contributed by atoms with Gasteiger partial charge in [-0.25, -0.2) is 0 Å². The zero-order chi connectivity index (χ0) is 19.2. The van der Waals surface area contributed by atoms with Crippen LogP contribution in [0, 0.1) is 0 Å². The van der Waals surface area contributed by atoms with E-state index in [1.165, 1.54) is 18.4 Å². The summed E-state index contributed by atoms with van der Waals surface area (Å²) in [6, 6.07) is 18.6. The molecule has 0 spiro atoms. The molecule has 0 radical (unpaired) electrons. The minimum atomic E-state index is -0.321. The Labute approximate surface area is 161 Å². The predicted molar refractivity (Wildman–Crippen MR) is 106 cm³/mol. The number of hydrogen-bond acceptors (Lipinski definition) is 5. The first-order valence-corrected chi connectivity index (χ1v) is 9.12. The summed E-state index contributed by atoms with van der Waals surface area (Å²) in [6.45, 7) is 0. The van der Waals surface area contributed by atoms with Crippen molar-refractivity contribution in [3.05, 3.63) is 71.1 Å². The number of hydrogen-bond donors (Lipinski definition) is 1. The van der Waals surface area contributed by atoms with Crippen molar-refractivity contribution in [3.8, 4) is 16.2 Å². The SMILES string of the molecule is COC(=O)Cc1cccc(NC(=O)c2ccc(-c3ccccc3OC)s2)c1. The van der Waals surface area contributed by atoms with E-state index in [2.05, 4.69) is 10.1 Å². The third-order valence-corrected chi connectivity index (χ3v) is 5.08. The van der Waals surface area contributed by atoms with Crippen molar-refractivity contribution in [2.45, 2.75) is 6.42 Å². The molecule has 0 bridgehead atoms. The van der Waals surface area contributed by atoms with E-state index < -0.39 is 0 Å². The Morgan fingerprint density at radius 3 is 2.59 bits per heavy atom. The van der Waals surface area contributed by atoms with Gasteiger partial charge in [0.15, 0.2) is 0 Å². The molecule has 6 heteroatoms. The van der Waals surface area contributed by atoms with Crippen LogP contribution in [0.4, 0.5) is 5.69 Å². The van der Waals surface area contributed by atoms with E-state index in [0.29, 0.717) is 10.6 Å². The average molecular weight is 381 g/mol. The second-order valence-corrected chi connectivity index (χ2v) is 6.86. The number of esters is 1. The molecule has 2 aromatic carbocycles. The summed E-state index contributed by atoms with van der Waals surface area (Å²) in [5, 5.41) is 2.87. The quantitative estimate of drug-likeness (QED) is 0.643. The molecule has 0 aliphatic rings. The summed E-state index contributed by atoms with van der Waals surface area (Å²) in [4.78, 5) is 25.5. The Bertz CT molecular complexity index is 964. The van der Waals surface area contributed by atoms with Gasteiger partial charge in [-0.3, -0.25) is 9.59 Å². The van der Waals surface area contributed by atoms with Crippen molar-refractivity contribution in [2.24, 2.45) is 0 Å². The molecule has 0 aliphatic heterocycles. The van der Waals surface area contributed by atoms with Crippen LogP contribution in [0.5, 0.6) is 5.75 Å². The molecule has 0 atom stereocenters. The van der Waals surface area contributed by atoms with Crippen LogP contribution in [0.2, 0.25) is 0 Å². The maximum Gasteiger partial charge on any atom is 0.309 e. The molecule has 0 saturated carbocycles. The number of nitrogens with one attached hydrogen (secondary N) is 1. The monoisotopic (exact) mass is 381 g/mol. The fourth-order valence-corrected chi connectivity index (χ4v) is 3.57. The van der Waals surface area contributed by atoms with Gasteiger partial charge in [0.2, 0.25) is 0 Å². The molecule has 0 saturated heterocycles. The Morgan fingerprint density at radius 2 is 1.81 bits per heavy atom. The van der Waals surface area contributed by atoms with Gasteiger partial charge >= 0.3 is 5.97 Å². The van der Waals surface area contributed by atoms with Gasteiger partial charge in [0, 0.05) is 16.1 Å². The van der Waals surface area contributed by atoms with Crippen molar-refractivity contribution < 1.29 is 19.1 Å². The highest BCUT2D eigenvalue weighted by atomic mass is 32.1. The minimum Gasteiger partial charge on any atom is -0.496 e. The lowest BCUT2D eigenvalue weighted by Crippen LogP contribution is -2.11. The number of anilines is 1. The molecule has 138 valence electrons. The Hall–Kier alpha value is -3.12. The Balaban J connectivity index is 1.75. The van der Waals surface area contributed by atoms with Crippen LogP contribution in [-0.4, -0.2) is 26.1 Å². The summed E-state index contributed by atoms with van der Waals surface area (Å²) < 4.78 is 10.1. The summed E-state index contributed by atoms with van der Waals surface area (Å²) in [5.74, 6) is 0.247. The van der Waals surface area contributed by atoms with Crippen LogP contribution in [0.15, 0.2) is 60.7 Å². The zero-order valence-electron chi connectivity index (χ0n) is 15.0. The van der Waals surface area contributed by atoms with Gasteiger partial charge in [0.05, 0.1) is 25.5 Å². The number of rotatable bonds is 6. The smallest absolute Gasteiger partial charge is 0.309 e. The highest BCUT2D eigenvalue weighted by molar-refractivity contribution is 7.17. The van der Waals surface area contributed by atoms with Crippen molar-refractivity contribution in [3.63, 3.8) is 0 Å². The van der Waals surface area contributed by atoms with Crippen LogP contribution in [0.1, 0.15) is 15.2 Å². The average Bonchev–Trinajstić information content (AvgIpc) is 3.18. The third-order valence-electron chi connectivity index (χ3n) is 3.96. The molecule has 3 aromatic rings. The molecule has 1 heterocycles. The van der Waals surface area contributed by atoms with Crippen LogP contribution in [0.25, 0.3) is 10.4 Å². The number of carbonyl (C=O) groups excluding carboxylic acids is 2.